The Bertz CT molecular complexity index is 372. The molecule has 100 valence electrons. The molecule has 1 aliphatic rings. The molecular weight excluding hydrogens is 224 g/mol. The van der Waals surface area contributed by atoms with Crippen LogP contribution in [0.5, 0.6) is 0 Å². The molecule has 0 aromatic carbocycles. The van der Waals surface area contributed by atoms with Gasteiger partial charge in [-0.2, -0.15) is 0 Å². The summed E-state index contributed by atoms with van der Waals surface area (Å²) < 4.78 is 0. The Hall–Kier alpha value is -1.13. The van der Waals surface area contributed by atoms with Crippen LogP contribution in [0.3, 0.4) is 0 Å². The summed E-state index contributed by atoms with van der Waals surface area (Å²) in [7, 11) is 0. The van der Waals surface area contributed by atoms with Gasteiger partial charge in [-0.25, -0.2) is 4.98 Å². The number of anilines is 1. The third-order valence-corrected chi connectivity index (χ3v) is 3.94. The highest BCUT2D eigenvalue weighted by molar-refractivity contribution is 5.38. The van der Waals surface area contributed by atoms with Crippen LogP contribution >= 0.6 is 0 Å². The van der Waals surface area contributed by atoms with Crippen molar-refractivity contribution in [2.75, 3.05) is 31.9 Å². The Labute approximate surface area is 110 Å². The van der Waals surface area contributed by atoms with E-state index in [-0.39, 0.29) is 0 Å². The average molecular weight is 248 g/mol. The molecule has 1 fully saturated rings. The van der Waals surface area contributed by atoms with Crippen molar-refractivity contribution in [1.29, 1.82) is 0 Å². The van der Waals surface area contributed by atoms with Crippen molar-refractivity contribution in [2.45, 2.75) is 32.9 Å². The second kappa shape index (κ2) is 6.16. The fraction of sp³-hybridized carbons (Fsp3) is 0.643. The van der Waals surface area contributed by atoms with Gasteiger partial charge in [0.2, 0.25) is 0 Å². The topological polar surface area (TPSA) is 45.4 Å². The molecule has 0 saturated carbocycles. The van der Waals surface area contributed by atoms with Gasteiger partial charge in [0, 0.05) is 50.5 Å². The molecular formula is C14H24N4. The maximum absolute atomic E-state index is 5.89. The first kappa shape index (κ1) is 13.3. The predicted molar refractivity (Wildman–Crippen MR) is 75.3 cm³/mol. The van der Waals surface area contributed by atoms with Gasteiger partial charge in [0.05, 0.1) is 0 Å². The average Bonchev–Trinajstić information content (AvgIpc) is 2.41. The minimum absolute atomic E-state index is 0.668. The maximum Gasteiger partial charge on any atom is 0.127 e. The molecule has 1 saturated heterocycles. The Balaban J connectivity index is 1.86. The summed E-state index contributed by atoms with van der Waals surface area (Å²) in [6, 6.07) is 4.74. The van der Waals surface area contributed by atoms with Crippen LogP contribution in [0.25, 0.3) is 0 Å². The molecule has 4 heteroatoms. The molecule has 1 unspecified atom stereocenters. The summed E-state index contributed by atoms with van der Waals surface area (Å²) in [6.45, 7) is 10.1. The Kier molecular flexibility index (Phi) is 4.55. The molecule has 1 aliphatic heterocycles. The number of hydrogen-bond acceptors (Lipinski definition) is 4. The van der Waals surface area contributed by atoms with Gasteiger partial charge in [0.15, 0.2) is 0 Å². The first-order chi connectivity index (χ1) is 8.70. The standard InChI is InChI=1S/C14H24N4/c1-3-12(2)18-9-7-17(8-10-18)11-13-5-4-6-16-14(13)15/h4-6,12H,3,7-11H2,1-2H3,(H2,15,16). The van der Waals surface area contributed by atoms with E-state index in [0.717, 1.165) is 38.3 Å². The van der Waals surface area contributed by atoms with Gasteiger partial charge in [-0.1, -0.05) is 13.0 Å². The number of pyridine rings is 1. The molecule has 0 aliphatic carbocycles. The number of rotatable bonds is 4. The van der Waals surface area contributed by atoms with Crippen LogP contribution in [0.2, 0.25) is 0 Å². The molecule has 2 heterocycles. The van der Waals surface area contributed by atoms with Crippen molar-refractivity contribution in [3.63, 3.8) is 0 Å². The molecule has 0 bridgehead atoms. The molecule has 4 nitrogen and oxygen atoms in total. The fourth-order valence-electron chi connectivity index (χ4n) is 2.45. The number of nitrogens with zero attached hydrogens (tertiary/aromatic N) is 3. The van der Waals surface area contributed by atoms with Gasteiger partial charge in [0.25, 0.3) is 0 Å². The molecule has 0 spiro atoms. The van der Waals surface area contributed by atoms with Crippen molar-refractivity contribution in [3.05, 3.63) is 23.9 Å². The highest BCUT2D eigenvalue weighted by Gasteiger charge is 2.20. The summed E-state index contributed by atoms with van der Waals surface area (Å²) in [6.07, 6.45) is 2.98. The zero-order valence-corrected chi connectivity index (χ0v) is 11.5. The molecule has 2 N–H and O–H groups in total. The second-order valence-corrected chi connectivity index (χ2v) is 5.12. The molecule has 0 radical (unpaired) electrons. The minimum atomic E-state index is 0.668. The van der Waals surface area contributed by atoms with Crippen LogP contribution in [0.1, 0.15) is 25.8 Å². The zero-order valence-electron chi connectivity index (χ0n) is 11.5. The summed E-state index contributed by atoms with van der Waals surface area (Å²) in [5, 5.41) is 0. The number of piperazine rings is 1. The molecule has 1 aromatic rings. The van der Waals surface area contributed by atoms with E-state index >= 15 is 0 Å². The first-order valence-corrected chi connectivity index (χ1v) is 6.86. The molecule has 1 atom stereocenters. The predicted octanol–water partition coefficient (Wildman–Crippen LogP) is 1.58. The van der Waals surface area contributed by atoms with Crippen molar-refractivity contribution in [3.8, 4) is 0 Å². The number of hydrogen-bond donors (Lipinski definition) is 1. The lowest BCUT2D eigenvalue weighted by molar-refractivity contribution is 0.0964. The van der Waals surface area contributed by atoms with Gasteiger partial charge in [0.1, 0.15) is 5.82 Å². The molecule has 0 amide bonds. The lowest BCUT2D eigenvalue weighted by atomic mass is 10.1. The Morgan fingerprint density at radius 1 is 1.33 bits per heavy atom. The summed E-state index contributed by atoms with van der Waals surface area (Å²) in [5.41, 5.74) is 7.03. The van der Waals surface area contributed by atoms with Crippen LogP contribution < -0.4 is 5.73 Å². The van der Waals surface area contributed by atoms with Gasteiger partial charge >= 0.3 is 0 Å². The highest BCUT2D eigenvalue weighted by atomic mass is 15.3. The monoisotopic (exact) mass is 248 g/mol. The van der Waals surface area contributed by atoms with E-state index in [1.807, 2.05) is 6.07 Å². The van der Waals surface area contributed by atoms with Crippen LogP contribution in [-0.4, -0.2) is 47.0 Å². The third kappa shape index (κ3) is 3.21. The van der Waals surface area contributed by atoms with Crippen LogP contribution in [0, 0.1) is 0 Å². The van der Waals surface area contributed by atoms with Crippen LogP contribution in [0.4, 0.5) is 5.82 Å². The number of nitrogen functional groups attached to an aromatic ring is 1. The van der Waals surface area contributed by atoms with Crippen molar-refractivity contribution in [2.24, 2.45) is 0 Å². The Morgan fingerprint density at radius 3 is 2.67 bits per heavy atom. The SMILES string of the molecule is CCC(C)N1CCN(Cc2cccnc2N)CC1. The Morgan fingerprint density at radius 2 is 2.06 bits per heavy atom. The van der Waals surface area contributed by atoms with Gasteiger partial charge < -0.3 is 5.73 Å². The molecule has 2 rings (SSSR count). The van der Waals surface area contributed by atoms with Crippen molar-refractivity contribution < 1.29 is 0 Å². The van der Waals surface area contributed by atoms with E-state index < -0.39 is 0 Å². The van der Waals surface area contributed by atoms with E-state index in [2.05, 4.69) is 34.7 Å². The number of aromatic nitrogens is 1. The van der Waals surface area contributed by atoms with E-state index in [1.54, 1.807) is 6.20 Å². The molecule has 1 aromatic heterocycles. The highest BCUT2D eigenvalue weighted by Crippen LogP contribution is 2.14. The molecule has 18 heavy (non-hydrogen) atoms. The van der Waals surface area contributed by atoms with E-state index in [4.69, 9.17) is 5.73 Å². The first-order valence-electron chi connectivity index (χ1n) is 6.86. The van der Waals surface area contributed by atoms with E-state index in [9.17, 15) is 0 Å². The quantitative estimate of drug-likeness (QED) is 0.878. The van der Waals surface area contributed by atoms with E-state index in [1.165, 1.54) is 6.42 Å². The lowest BCUT2D eigenvalue weighted by Crippen LogP contribution is -2.49. The number of nitrogens with two attached hydrogens (primary N) is 1. The van der Waals surface area contributed by atoms with Gasteiger partial charge in [-0.3, -0.25) is 9.80 Å². The summed E-state index contributed by atoms with van der Waals surface area (Å²) in [5.74, 6) is 0.668. The summed E-state index contributed by atoms with van der Waals surface area (Å²) in [4.78, 5) is 9.18. The normalized spacial score (nSPS) is 19.9. The largest absolute Gasteiger partial charge is 0.383 e. The fourth-order valence-corrected chi connectivity index (χ4v) is 2.45. The van der Waals surface area contributed by atoms with Gasteiger partial charge in [-0.15, -0.1) is 0 Å². The minimum Gasteiger partial charge on any atom is -0.383 e. The zero-order chi connectivity index (χ0) is 13.0. The maximum atomic E-state index is 5.89. The lowest BCUT2D eigenvalue weighted by Gasteiger charge is -2.37. The van der Waals surface area contributed by atoms with Crippen LogP contribution in [-0.2, 0) is 6.54 Å². The van der Waals surface area contributed by atoms with Crippen LogP contribution in [0.15, 0.2) is 18.3 Å². The van der Waals surface area contributed by atoms with Gasteiger partial charge in [-0.05, 0) is 19.4 Å². The second-order valence-electron chi connectivity index (χ2n) is 5.12. The smallest absolute Gasteiger partial charge is 0.127 e. The van der Waals surface area contributed by atoms with E-state index in [0.29, 0.717) is 11.9 Å². The van der Waals surface area contributed by atoms with Crippen molar-refractivity contribution in [1.82, 2.24) is 14.8 Å². The summed E-state index contributed by atoms with van der Waals surface area (Å²) >= 11 is 0. The third-order valence-electron chi connectivity index (χ3n) is 3.94. The van der Waals surface area contributed by atoms with Crippen molar-refractivity contribution >= 4 is 5.82 Å².